The van der Waals surface area contributed by atoms with Crippen molar-refractivity contribution in [2.75, 3.05) is 27.7 Å². The van der Waals surface area contributed by atoms with Crippen molar-refractivity contribution in [2.45, 2.75) is 59.5 Å². The average Bonchev–Trinajstić information content (AvgIpc) is 2.74. The smallest absolute Gasteiger partial charge is 0.244 e. The Hall–Kier alpha value is -3.17. The van der Waals surface area contributed by atoms with Gasteiger partial charge < -0.3 is 20.3 Å². The van der Waals surface area contributed by atoms with Gasteiger partial charge in [0.15, 0.2) is 0 Å². The van der Waals surface area contributed by atoms with Crippen molar-refractivity contribution in [3.63, 3.8) is 0 Å². The highest BCUT2D eigenvalue weighted by molar-refractivity contribution is 5.93. The van der Waals surface area contributed by atoms with Crippen LogP contribution in [0.4, 0.5) is 0 Å². The van der Waals surface area contributed by atoms with Crippen molar-refractivity contribution in [1.82, 2.24) is 15.5 Å². The number of rotatable bonds is 12. The predicted octanol–water partition coefficient (Wildman–Crippen LogP) is 2.28. The molecule has 0 aliphatic carbocycles. The lowest BCUT2D eigenvalue weighted by Gasteiger charge is -2.33. The largest absolute Gasteiger partial charge is 0.496 e. The summed E-state index contributed by atoms with van der Waals surface area (Å²) in [6, 6.07) is 5.31. The molecule has 0 fully saturated rings. The van der Waals surface area contributed by atoms with E-state index in [1.54, 1.807) is 40.9 Å². The molecule has 2 N–H and O–H groups in total. The van der Waals surface area contributed by atoms with Gasteiger partial charge >= 0.3 is 0 Å². The second kappa shape index (κ2) is 13.1. The minimum absolute atomic E-state index is 0.0653. The molecule has 0 saturated carbocycles. The zero-order valence-electron chi connectivity index (χ0n) is 22.1. The summed E-state index contributed by atoms with van der Waals surface area (Å²) in [4.78, 5) is 51.3. The van der Waals surface area contributed by atoms with Crippen molar-refractivity contribution < 1.29 is 24.0 Å². The van der Waals surface area contributed by atoms with E-state index in [1.807, 2.05) is 32.0 Å². The summed E-state index contributed by atoms with van der Waals surface area (Å²) in [5, 5.41) is 16.6. The van der Waals surface area contributed by atoms with Gasteiger partial charge in [0.05, 0.1) is 7.11 Å². The van der Waals surface area contributed by atoms with Gasteiger partial charge in [0, 0.05) is 25.4 Å². The fourth-order valence-electron chi connectivity index (χ4n) is 3.81. The second-order valence-electron chi connectivity index (χ2n) is 10.5. The van der Waals surface area contributed by atoms with Crippen LogP contribution in [0, 0.1) is 27.4 Å². The van der Waals surface area contributed by atoms with Crippen LogP contribution in [0.5, 0.6) is 5.75 Å². The van der Waals surface area contributed by atoms with Gasteiger partial charge in [0.25, 0.3) is 0 Å². The number of hydrogen-bond acceptors (Lipinski definition) is 6. The molecule has 0 heterocycles. The van der Waals surface area contributed by atoms with E-state index in [2.05, 4.69) is 10.6 Å². The highest BCUT2D eigenvalue weighted by Crippen LogP contribution is 2.23. The average molecular weight is 493 g/mol. The minimum Gasteiger partial charge on any atom is -0.496 e. The molecule has 1 aromatic rings. The monoisotopic (exact) mass is 492 g/mol. The van der Waals surface area contributed by atoms with Crippen LogP contribution < -0.4 is 15.4 Å². The van der Waals surface area contributed by atoms with E-state index in [9.17, 15) is 24.5 Å². The molecule has 35 heavy (non-hydrogen) atoms. The number of nitrogens with one attached hydrogen (secondary N) is 2. The Morgan fingerprint density at radius 1 is 1.09 bits per heavy atom. The maximum Gasteiger partial charge on any atom is 0.244 e. The Bertz CT molecular complexity index is 894. The number of amides is 3. The van der Waals surface area contributed by atoms with E-state index >= 15 is 0 Å². The first-order chi connectivity index (χ1) is 16.2. The van der Waals surface area contributed by atoms with E-state index in [0.717, 1.165) is 5.56 Å². The lowest BCUT2D eigenvalue weighted by Crippen LogP contribution is -2.59. The van der Waals surface area contributed by atoms with Gasteiger partial charge in [0.1, 0.15) is 23.8 Å². The predicted molar refractivity (Wildman–Crippen MR) is 134 cm³/mol. The highest BCUT2D eigenvalue weighted by atomic mass is 16.6. The molecule has 0 saturated heterocycles. The van der Waals surface area contributed by atoms with Crippen LogP contribution in [-0.2, 0) is 20.8 Å². The summed E-state index contributed by atoms with van der Waals surface area (Å²) in [6.45, 7) is 8.59. The molecule has 3 amide bonds. The van der Waals surface area contributed by atoms with Crippen molar-refractivity contribution in [3.8, 4) is 5.75 Å². The van der Waals surface area contributed by atoms with E-state index < -0.39 is 46.7 Å². The van der Waals surface area contributed by atoms with Gasteiger partial charge in [-0.25, -0.2) is 0 Å². The number of methoxy groups -OCH3 is 1. The van der Waals surface area contributed by atoms with Crippen molar-refractivity contribution in [3.05, 3.63) is 39.9 Å². The third kappa shape index (κ3) is 9.54. The minimum atomic E-state index is -1.01. The van der Waals surface area contributed by atoms with Crippen molar-refractivity contribution >= 4 is 17.7 Å². The van der Waals surface area contributed by atoms with Crippen LogP contribution in [0.1, 0.15) is 46.6 Å². The van der Waals surface area contributed by atoms with Crippen LogP contribution in [0.2, 0.25) is 0 Å². The van der Waals surface area contributed by atoms with Gasteiger partial charge in [-0.05, 0) is 29.4 Å². The molecule has 0 spiro atoms. The topological polar surface area (TPSA) is 131 Å². The Balaban J connectivity index is 3.20. The van der Waals surface area contributed by atoms with Crippen LogP contribution in [0.15, 0.2) is 24.3 Å². The van der Waals surface area contributed by atoms with Crippen LogP contribution in [-0.4, -0.2) is 67.4 Å². The highest BCUT2D eigenvalue weighted by Gasteiger charge is 2.37. The normalized spacial score (nSPS) is 14.0. The van der Waals surface area contributed by atoms with Gasteiger partial charge in [-0.2, -0.15) is 0 Å². The summed E-state index contributed by atoms with van der Waals surface area (Å²) in [5.74, 6) is -1.61. The number of carbonyl (C=O) groups excluding carboxylic acids is 3. The van der Waals surface area contributed by atoms with Gasteiger partial charge in [-0.15, -0.1) is 0 Å². The molecule has 196 valence electrons. The molecule has 10 heteroatoms. The Morgan fingerprint density at radius 2 is 1.69 bits per heavy atom. The number of ether oxygens (including phenoxy) is 1. The number of hydrogen-bond donors (Lipinski definition) is 2. The van der Waals surface area contributed by atoms with Gasteiger partial charge in [-0.3, -0.25) is 24.5 Å². The molecular weight excluding hydrogens is 452 g/mol. The zero-order valence-corrected chi connectivity index (χ0v) is 22.1. The van der Waals surface area contributed by atoms with Crippen LogP contribution in [0.3, 0.4) is 0 Å². The molecule has 0 aliphatic rings. The quantitative estimate of drug-likeness (QED) is 0.340. The first kappa shape index (κ1) is 29.9. The molecule has 0 radical (unpaired) electrons. The zero-order chi connectivity index (χ0) is 26.9. The molecule has 10 nitrogen and oxygen atoms in total. The number of benzene rings is 1. The molecule has 3 atom stereocenters. The van der Waals surface area contributed by atoms with Crippen molar-refractivity contribution in [1.29, 1.82) is 0 Å². The maximum absolute atomic E-state index is 13.4. The standard InChI is InChI=1S/C25H40N4O6/c1-16(2)13-18(15-29(33)34)22(30)27-21(25(3,4)5)23(31)26-19(24(32)28(6)7)14-17-11-9-10-12-20(17)35-8/h9-12,16,18-19,21H,13-15H2,1-8H3,(H,26,31)(H,27,30)/t18-,19-,21-/m1/s1. The molecule has 0 aliphatic heterocycles. The first-order valence-electron chi connectivity index (χ1n) is 11.7. The summed E-state index contributed by atoms with van der Waals surface area (Å²) in [7, 11) is 4.73. The van der Waals surface area contributed by atoms with E-state index in [-0.39, 0.29) is 18.2 Å². The first-order valence-corrected chi connectivity index (χ1v) is 11.7. The number of para-hydroxylation sites is 1. The van der Waals surface area contributed by atoms with E-state index in [1.165, 1.54) is 12.0 Å². The number of nitrogens with zero attached hydrogens (tertiary/aromatic N) is 2. The Kier molecular flexibility index (Phi) is 11.1. The molecule has 1 rings (SSSR count). The second-order valence-corrected chi connectivity index (χ2v) is 10.5. The van der Waals surface area contributed by atoms with Crippen LogP contribution in [0.25, 0.3) is 0 Å². The van der Waals surface area contributed by atoms with E-state index in [4.69, 9.17) is 4.74 Å². The summed E-state index contributed by atoms with van der Waals surface area (Å²) in [6.07, 6.45) is 0.510. The lowest BCUT2D eigenvalue weighted by atomic mass is 9.85. The summed E-state index contributed by atoms with van der Waals surface area (Å²) < 4.78 is 5.39. The van der Waals surface area contributed by atoms with Gasteiger partial charge in [-0.1, -0.05) is 52.8 Å². The third-order valence-electron chi connectivity index (χ3n) is 5.58. The fraction of sp³-hybridized carbons (Fsp3) is 0.640. The fourth-order valence-corrected chi connectivity index (χ4v) is 3.81. The third-order valence-corrected chi connectivity index (χ3v) is 5.58. The molecular formula is C25H40N4O6. The van der Waals surface area contributed by atoms with Crippen molar-refractivity contribution in [2.24, 2.45) is 17.3 Å². The molecule has 0 unspecified atom stereocenters. The number of carbonyl (C=O) groups is 3. The van der Waals surface area contributed by atoms with Gasteiger partial charge in [0.2, 0.25) is 24.3 Å². The number of nitro groups is 1. The lowest BCUT2D eigenvalue weighted by molar-refractivity contribution is -0.486. The van der Waals surface area contributed by atoms with Crippen LogP contribution >= 0.6 is 0 Å². The Labute approximate surface area is 207 Å². The molecule has 0 bridgehead atoms. The maximum atomic E-state index is 13.4. The summed E-state index contributed by atoms with van der Waals surface area (Å²) in [5.41, 5.74) is 0.0298. The Morgan fingerprint density at radius 3 is 2.17 bits per heavy atom. The van der Waals surface area contributed by atoms with E-state index in [0.29, 0.717) is 12.2 Å². The molecule has 1 aromatic carbocycles. The molecule has 0 aromatic heterocycles. The SMILES string of the molecule is COc1ccccc1C[C@@H](NC(=O)[C@@H](NC(=O)[C@H](CC(C)C)C[N+](=O)[O-])C(C)(C)C)C(=O)N(C)C. The summed E-state index contributed by atoms with van der Waals surface area (Å²) >= 11 is 0. The number of likely N-dealkylation sites (N-methyl/N-ethyl adjacent to an activating group) is 1.